The Kier molecular flexibility index (Phi) is 17.8. The standard InChI is InChI=1S/2C6H12N2O2.C2H6/c2*1-4(9)5(7)2-3-6(8)10;1-2/h2*5H,2-3,7H2,1H3,(H2,8,10);1-2H3. The molecule has 22 heavy (non-hydrogen) atoms. The van der Waals surface area contributed by atoms with E-state index in [4.69, 9.17) is 22.9 Å². The number of amides is 2. The summed E-state index contributed by atoms with van der Waals surface area (Å²) in [5, 5.41) is 0. The number of carbonyl (C=O) groups excluding carboxylic acids is 4. The van der Waals surface area contributed by atoms with Gasteiger partial charge in [-0.3, -0.25) is 19.2 Å². The topological polar surface area (TPSA) is 172 Å². The molecule has 0 heterocycles. The van der Waals surface area contributed by atoms with Gasteiger partial charge in [0.05, 0.1) is 12.1 Å². The lowest BCUT2D eigenvalue weighted by molar-refractivity contribution is -0.121. The summed E-state index contributed by atoms with van der Waals surface area (Å²) in [6, 6.07) is -1.07. The number of ketones is 2. The molecule has 0 saturated carbocycles. The molecule has 0 fully saturated rings. The summed E-state index contributed by atoms with van der Waals surface area (Å²) < 4.78 is 0. The van der Waals surface area contributed by atoms with Crippen LogP contribution in [-0.4, -0.2) is 35.5 Å². The summed E-state index contributed by atoms with van der Waals surface area (Å²) in [7, 11) is 0. The monoisotopic (exact) mass is 318 g/mol. The van der Waals surface area contributed by atoms with Crippen molar-refractivity contribution in [1.29, 1.82) is 0 Å². The van der Waals surface area contributed by atoms with Crippen molar-refractivity contribution in [3.63, 3.8) is 0 Å². The highest BCUT2D eigenvalue weighted by atomic mass is 16.1. The summed E-state index contributed by atoms with van der Waals surface area (Å²) >= 11 is 0. The van der Waals surface area contributed by atoms with Gasteiger partial charge in [0.15, 0.2) is 0 Å². The molecule has 130 valence electrons. The molecular weight excluding hydrogens is 288 g/mol. The van der Waals surface area contributed by atoms with E-state index in [1.54, 1.807) is 0 Å². The highest BCUT2D eigenvalue weighted by molar-refractivity contribution is 5.82. The van der Waals surface area contributed by atoms with E-state index in [9.17, 15) is 19.2 Å². The minimum Gasteiger partial charge on any atom is -0.370 e. The van der Waals surface area contributed by atoms with E-state index in [0.717, 1.165) is 0 Å². The molecule has 2 atom stereocenters. The maximum Gasteiger partial charge on any atom is 0.217 e. The first-order valence-corrected chi connectivity index (χ1v) is 7.16. The normalized spacial score (nSPS) is 11.7. The number of nitrogens with two attached hydrogens (primary N) is 4. The molecule has 0 radical (unpaired) electrons. The van der Waals surface area contributed by atoms with Crippen LogP contribution < -0.4 is 22.9 Å². The zero-order valence-electron chi connectivity index (χ0n) is 13.9. The van der Waals surface area contributed by atoms with Crippen LogP contribution in [0, 0.1) is 0 Å². The molecule has 0 aliphatic rings. The van der Waals surface area contributed by atoms with E-state index < -0.39 is 23.9 Å². The predicted octanol–water partition coefficient (Wildman–Crippen LogP) is -0.637. The Morgan fingerprint density at radius 2 is 0.955 bits per heavy atom. The Balaban J connectivity index is -0.000000294. The van der Waals surface area contributed by atoms with Crippen LogP contribution in [0.1, 0.15) is 53.4 Å². The van der Waals surface area contributed by atoms with E-state index in [1.165, 1.54) is 13.8 Å². The lowest BCUT2D eigenvalue weighted by Gasteiger charge is -2.03. The van der Waals surface area contributed by atoms with Gasteiger partial charge in [0.2, 0.25) is 11.8 Å². The van der Waals surface area contributed by atoms with Crippen LogP contribution in [0.4, 0.5) is 0 Å². The maximum atomic E-state index is 10.5. The number of hydrogen-bond acceptors (Lipinski definition) is 6. The van der Waals surface area contributed by atoms with Crippen molar-refractivity contribution in [3.05, 3.63) is 0 Å². The molecule has 0 saturated heterocycles. The fourth-order valence-corrected chi connectivity index (χ4v) is 1.00. The molecular formula is C14H30N4O4. The molecule has 2 amide bonds. The number of primary amides is 2. The van der Waals surface area contributed by atoms with Crippen molar-refractivity contribution in [2.75, 3.05) is 0 Å². The van der Waals surface area contributed by atoms with Gasteiger partial charge >= 0.3 is 0 Å². The molecule has 0 aliphatic heterocycles. The van der Waals surface area contributed by atoms with Crippen molar-refractivity contribution in [2.24, 2.45) is 22.9 Å². The Hall–Kier alpha value is -1.80. The lowest BCUT2D eigenvalue weighted by atomic mass is 10.1. The minimum absolute atomic E-state index is 0.110. The molecule has 0 aliphatic carbocycles. The number of rotatable bonds is 8. The third-order valence-corrected chi connectivity index (χ3v) is 2.45. The van der Waals surface area contributed by atoms with E-state index in [-0.39, 0.29) is 24.4 Å². The maximum absolute atomic E-state index is 10.5. The van der Waals surface area contributed by atoms with Crippen LogP contribution in [0.25, 0.3) is 0 Å². The smallest absolute Gasteiger partial charge is 0.217 e. The Labute approximate surface area is 132 Å². The van der Waals surface area contributed by atoms with Gasteiger partial charge in [0.1, 0.15) is 11.6 Å². The average molecular weight is 318 g/mol. The van der Waals surface area contributed by atoms with Crippen LogP contribution in [0.15, 0.2) is 0 Å². The first kappa shape index (κ1) is 25.2. The molecule has 0 spiro atoms. The van der Waals surface area contributed by atoms with Gasteiger partial charge in [-0.05, 0) is 26.7 Å². The first-order chi connectivity index (χ1) is 10.1. The van der Waals surface area contributed by atoms with Crippen molar-refractivity contribution < 1.29 is 19.2 Å². The van der Waals surface area contributed by atoms with Gasteiger partial charge < -0.3 is 22.9 Å². The van der Waals surface area contributed by atoms with Crippen LogP contribution in [0.3, 0.4) is 0 Å². The largest absolute Gasteiger partial charge is 0.370 e. The summed E-state index contributed by atoms with van der Waals surface area (Å²) in [6.45, 7) is 6.79. The van der Waals surface area contributed by atoms with Gasteiger partial charge in [0.25, 0.3) is 0 Å². The van der Waals surface area contributed by atoms with Crippen LogP contribution in [0.2, 0.25) is 0 Å². The number of carbonyl (C=O) groups is 4. The number of hydrogen-bond donors (Lipinski definition) is 4. The Bertz CT molecular complexity index is 325. The Morgan fingerprint density at radius 1 is 0.727 bits per heavy atom. The second-order valence-electron chi connectivity index (χ2n) is 4.44. The quantitative estimate of drug-likeness (QED) is 0.463. The van der Waals surface area contributed by atoms with Crippen LogP contribution in [-0.2, 0) is 19.2 Å². The lowest BCUT2D eigenvalue weighted by Crippen LogP contribution is -2.29. The molecule has 8 nitrogen and oxygen atoms in total. The molecule has 0 aromatic heterocycles. The first-order valence-electron chi connectivity index (χ1n) is 7.16. The van der Waals surface area contributed by atoms with Crippen LogP contribution in [0.5, 0.6) is 0 Å². The molecule has 2 unspecified atom stereocenters. The van der Waals surface area contributed by atoms with Crippen molar-refractivity contribution in [3.8, 4) is 0 Å². The van der Waals surface area contributed by atoms with Gasteiger partial charge in [-0.2, -0.15) is 0 Å². The molecule has 8 N–H and O–H groups in total. The van der Waals surface area contributed by atoms with Gasteiger partial charge in [-0.15, -0.1) is 0 Å². The zero-order valence-corrected chi connectivity index (χ0v) is 13.9. The highest BCUT2D eigenvalue weighted by Crippen LogP contribution is 1.94. The molecule has 0 aromatic carbocycles. The number of Topliss-reactive ketones (excluding diaryl/α,β-unsaturated/α-hetero) is 2. The van der Waals surface area contributed by atoms with Gasteiger partial charge in [0, 0.05) is 12.8 Å². The van der Waals surface area contributed by atoms with E-state index in [1.807, 2.05) is 13.8 Å². The van der Waals surface area contributed by atoms with E-state index >= 15 is 0 Å². The third-order valence-electron chi connectivity index (χ3n) is 2.45. The van der Waals surface area contributed by atoms with E-state index in [2.05, 4.69) is 0 Å². The van der Waals surface area contributed by atoms with Crippen molar-refractivity contribution >= 4 is 23.4 Å². The molecule has 0 rings (SSSR count). The minimum atomic E-state index is -0.535. The summed E-state index contributed by atoms with van der Waals surface area (Å²) in [5.74, 6) is -1.06. The Morgan fingerprint density at radius 3 is 1.09 bits per heavy atom. The molecule has 0 bridgehead atoms. The van der Waals surface area contributed by atoms with Gasteiger partial charge in [-0.25, -0.2) is 0 Å². The second-order valence-corrected chi connectivity index (χ2v) is 4.44. The molecule has 0 aromatic rings. The van der Waals surface area contributed by atoms with Gasteiger partial charge in [-0.1, -0.05) is 13.8 Å². The van der Waals surface area contributed by atoms with Crippen molar-refractivity contribution in [1.82, 2.24) is 0 Å². The summed E-state index contributed by atoms with van der Waals surface area (Å²) in [5.41, 5.74) is 20.3. The van der Waals surface area contributed by atoms with Crippen LogP contribution >= 0.6 is 0 Å². The average Bonchev–Trinajstić information content (AvgIpc) is 2.44. The SMILES string of the molecule is CC.CC(=O)C(N)CCC(N)=O.CC(=O)C(N)CCC(N)=O. The fourth-order valence-electron chi connectivity index (χ4n) is 1.00. The summed E-state index contributed by atoms with van der Waals surface area (Å²) in [4.78, 5) is 41.3. The predicted molar refractivity (Wildman–Crippen MR) is 85.5 cm³/mol. The second kappa shape index (κ2) is 15.6. The summed E-state index contributed by atoms with van der Waals surface area (Å²) in [6.07, 6.45) is 1.07. The highest BCUT2D eigenvalue weighted by Gasteiger charge is 2.08. The van der Waals surface area contributed by atoms with E-state index in [0.29, 0.717) is 12.8 Å². The third kappa shape index (κ3) is 20.5. The molecule has 8 heteroatoms. The zero-order chi connectivity index (χ0) is 18.3. The van der Waals surface area contributed by atoms with Crippen molar-refractivity contribution in [2.45, 2.75) is 65.5 Å². The fraction of sp³-hybridized carbons (Fsp3) is 0.714.